The number of carbonyl (C=O) groups is 1. The first-order chi connectivity index (χ1) is 10.1. The van der Waals surface area contributed by atoms with Crippen molar-refractivity contribution in [3.05, 3.63) is 66.0 Å². The molecule has 4 heteroatoms. The highest BCUT2D eigenvalue weighted by atomic mass is 19.1. The van der Waals surface area contributed by atoms with E-state index in [-0.39, 0.29) is 17.7 Å². The summed E-state index contributed by atoms with van der Waals surface area (Å²) >= 11 is 0. The van der Waals surface area contributed by atoms with E-state index >= 15 is 0 Å². The van der Waals surface area contributed by atoms with Gasteiger partial charge < -0.3 is 9.64 Å². The van der Waals surface area contributed by atoms with E-state index in [2.05, 4.69) is 0 Å². The Labute approximate surface area is 124 Å². The Morgan fingerprint density at radius 2 is 1.76 bits per heavy atom. The van der Waals surface area contributed by atoms with Crippen molar-refractivity contribution >= 4 is 11.7 Å². The second-order valence-corrected chi connectivity index (χ2v) is 4.84. The average molecular weight is 287 g/mol. The summed E-state index contributed by atoms with van der Waals surface area (Å²) in [5.41, 5.74) is 1.75. The summed E-state index contributed by atoms with van der Waals surface area (Å²) in [7, 11) is 3.25. The molecule has 0 saturated heterocycles. The molecule has 2 aromatic rings. The summed E-state index contributed by atoms with van der Waals surface area (Å²) in [5, 5.41) is 0. The first-order valence-corrected chi connectivity index (χ1v) is 6.71. The largest absolute Gasteiger partial charge is 0.468 e. The fourth-order valence-corrected chi connectivity index (χ4v) is 2.22. The number of ether oxygens (including phenoxy) is 1. The molecule has 0 aliphatic rings. The molecule has 0 aromatic heterocycles. The number of rotatable bonds is 5. The molecular formula is C17H18FNO2. The Hall–Kier alpha value is -2.36. The minimum absolute atomic E-state index is 0.278. The van der Waals surface area contributed by atoms with Crippen LogP contribution in [0.25, 0.3) is 0 Å². The first-order valence-electron chi connectivity index (χ1n) is 6.71. The Kier molecular flexibility index (Phi) is 4.93. The van der Waals surface area contributed by atoms with Crippen LogP contribution >= 0.6 is 0 Å². The van der Waals surface area contributed by atoms with Gasteiger partial charge in [-0.3, -0.25) is 4.79 Å². The summed E-state index contributed by atoms with van der Waals surface area (Å²) in [6.07, 6.45) is 0. The normalized spacial score (nSPS) is 11.8. The van der Waals surface area contributed by atoms with E-state index in [1.54, 1.807) is 12.1 Å². The number of hydrogen-bond acceptors (Lipinski definition) is 3. The van der Waals surface area contributed by atoms with Gasteiger partial charge in [0, 0.05) is 19.3 Å². The van der Waals surface area contributed by atoms with Gasteiger partial charge in [-0.1, -0.05) is 30.3 Å². The number of esters is 1. The van der Waals surface area contributed by atoms with Crippen LogP contribution in [0.4, 0.5) is 10.1 Å². The molecule has 0 fully saturated rings. The lowest BCUT2D eigenvalue weighted by Gasteiger charge is -2.24. The van der Waals surface area contributed by atoms with Gasteiger partial charge in [0.05, 0.1) is 13.0 Å². The Bertz CT molecular complexity index is 583. The van der Waals surface area contributed by atoms with Gasteiger partial charge in [-0.25, -0.2) is 4.39 Å². The molecule has 0 amide bonds. The number of benzene rings is 2. The number of halogens is 1. The third-order valence-electron chi connectivity index (χ3n) is 3.41. The molecule has 0 radical (unpaired) electrons. The second kappa shape index (κ2) is 6.88. The van der Waals surface area contributed by atoms with Crippen LogP contribution in [0.5, 0.6) is 0 Å². The molecule has 1 atom stereocenters. The summed E-state index contributed by atoms with van der Waals surface area (Å²) in [4.78, 5) is 13.9. The Balaban J connectivity index is 2.19. The highest BCUT2D eigenvalue weighted by Gasteiger charge is 2.23. The Morgan fingerprint density at radius 3 is 2.33 bits per heavy atom. The number of hydrogen-bond donors (Lipinski definition) is 0. The highest BCUT2D eigenvalue weighted by Crippen LogP contribution is 2.22. The molecule has 0 saturated carbocycles. The van der Waals surface area contributed by atoms with Crippen molar-refractivity contribution in [1.29, 1.82) is 0 Å². The zero-order valence-electron chi connectivity index (χ0n) is 12.1. The van der Waals surface area contributed by atoms with Gasteiger partial charge in [-0.05, 0) is 29.8 Å². The lowest BCUT2D eigenvalue weighted by atomic mass is 9.98. The molecule has 0 spiro atoms. The predicted molar refractivity (Wildman–Crippen MR) is 80.9 cm³/mol. The first kappa shape index (κ1) is 15.0. The lowest BCUT2D eigenvalue weighted by Crippen LogP contribution is -2.29. The quantitative estimate of drug-likeness (QED) is 0.791. The number of methoxy groups -OCH3 is 1. The van der Waals surface area contributed by atoms with Crippen molar-refractivity contribution in [1.82, 2.24) is 0 Å². The molecule has 1 unspecified atom stereocenters. The van der Waals surface area contributed by atoms with E-state index in [0.717, 1.165) is 11.3 Å². The number of nitrogens with zero attached hydrogens (tertiary/aromatic N) is 1. The van der Waals surface area contributed by atoms with Crippen LogP contribution in [0, 0.1) is 5.82 Å². The van der Waals surface area contributed by atoms with Crippen molar-refractivity contribution < 1.29 is 13.9 Å². The standard InChI is InChI=1S/C17H18FNO2/c1-19(15-10-8-14(18)9-11-15)12-16(17(20)21-2)13-6-4-3-5-7-13/h3-11,16H,12H2,1-2H3. The fourth-order valence-electron chi connectivity index (χ4n) is 2.22. The van der Waals surface area contributed by atoms with Gasteiger partial charge in [0.25, 0.3) is 0 Å². The number of anilines is 1. The van der Waals surface area contributed by atoms with Crippen molar-refractivity contribution in [3.63, 3.8) is 0 Å². The highest BCUT2D eigenvalue weighted by molar-refractivity contribution is 5.79. The predicted octanol–water partition coefficient (Wildman–Crippen LogP) is 3.22. The van der Waals surface area contributed by atoms with Crippen molar-refractivity contribution in [2.24, 2.45) is 0 Å². The molecule has 0 aliphatic heterocycles. The Morgan fingerprint density at radius 1 is 1.14 bits per heavy atom. The van der Waals surface area contributed by atoms with Gasteiger partial charge in [0.15, 0.2) is 0 Å². The zero-order chi connectivity index (χ0) is 15.2. The van der Waals surface area contributed by atoms with Crippen LogP contribution < -0.4 is 4.90 Å². The van der Waals surface area contributed by atoms with Crippen LogP contribution in [0.2, 0.25) is 0 Å². The van der Waals surface area contributed by atoms with Crippen LogP contribution in [0.15, 0.2) is 54.6 Å². The second-order valence-electron chi connectivity index (χ2n) is 4.84. The maximum absolute atomic E-state index is 13.0. The van der Waals surface area contributed by atoms with Crippen molar-refractivity contribution in [3.8, 4) is 0 Å². The SMILES string of the molecule is COC(=O)C(CN(C)c1ccc(F)cc1)c1ccccc1. The summed E-state index contributed by atoms with van der Waals surface area (Å²) in [6.45, 7) is 0.461. The summed E-state index contributed by atoms with van der Waals surface area (Å²) in [6, 6.07) is 15.7. The van der Waals surface area contributed by atoms with Crippen LogP contribution in [-0.4, -0.2) is 26.7 Å². The molecule has 3 nitrogen and oxygen atoms in total. The molecule has 110 valence electrons. The number of likely N-dealkylation sites (N-methyl/N-ethyl adjacent to an activating group) is 1. The van der Waals surface area contributed by atoms with Gasteiger partial charge in [0.1, 0.15) is 5.82 Å². The van der Waals surface area contributed by atoms with Gasteiger partial charge in [0.2, 0.25) is 0 Å². The molecule has 0 heterocycles. The molecule has 0 aliphatic carbocycles. The molecule has 2 aromatic carbocycles. The van der Waals surface area contributed by atoms with E-state index in [1.807, 2.05) is 42.3 Å². The molecule has 21 heavy (non-hydrogen) atoms. The zero-order valence-corrected chi connectivity index (χ0v) is 12.1. The van der Waals surface area contributed by atoms with Crippen molar-refractivity contribution in [2.45, 2.75) is 5.92 Å². The third-order valence-corrected chi connectivity index (χ3v) is 3.41. The van der Waals surface area contributed by atoms with E-state index in [1.165, 1.54) is 19.2 Å². The molecule has 0 N–H and O–H groups in total. The molecular weight excluding hydrogens is 269 g/mol. The smallest absolute Gasteiger partial charge is 0.314 e. The summed E-state index contributed by atoms with van der Waals surface area (Å²) < 4.78 is 17.9. The maximum atomic E-state index is 13.0. The monoisotopic (exact) mass is 287 g/mol. The van der Waals surface area contributed by atoms with Crippen molar-refractivity contribution in [2.75, 3.05) is 25.6 Å². The lowest BCUT2D eigenvalue weighted by molar-refractivity contribution is -0.142. The fraction of sp³-hybridized carbons (Fsp3) is 0.235. The van der Waals surface area contributed by atoms with Crippen LogP contribution in [0.3, 0.4) is 0 Å². The van der Waals surface area contributed by atoms with Crippen LogP contribution in [0.1, 0.15) is 11.5 Å². The summed E-state index contributed by atoms with van der Waals surface area (Å²) in [5.74, 6) is -0.943. The topological polar surface area (TPSA) is 29.5 Å². The minimum Gasteiger partial charge on any atom is -0.468 e. The maximum Gasteiger partial charge on any atom is 0.314 e. The van der Waals surface area contributed by atoms with E-state index in [9.17, 15) is 9.18 Å². The van der Waals surface area contributed by atoms with Crippen LogP contribution in [-0.2, 0) is 9.53 Å². The van der Waals surface area contributed by atoms with E-state index in [0.29, 0.717) is 6.54 Å². The van der Waals surface area contributed by atoms with Gasteiger partial charge in [-0.2, -0.15) is 0 Å². The minimum atomic E-state index is -0.383. The van der Waals surface area contributed by atoms with Gasteiger partial charge in [-0.15, -0.1) is 0 Å². The average Bonchev–Trinajstić information content (AvgIpc) is 2.53. The van der Waals surface area contributed by atoms with E-state index < -0.39 is 0 Å². The van der Waals surface area contributed by atoms with E-state index in [4.69, 9.17) is 4.74 Å². The molecule has 0 bridgehead atoms. The van der Waals surface area contributed by atoms with Gasteiger partial charge >= 0.3 is 5.97 Å². The molecule has 2 rings (SSSR count). The number of carbonyl (C=O) groups excluding carboxylic acids is 1. The third kappa shape index (κ3) is 3.81.